The number of hydrogen-bond donors (Lipinski definition) is 0. The van der Waals surface area contributed by atoms with Crippen molar-refractivity contribution in [1.82, 2.24) is 4.90 Å². The van der Waals surface area contributed by atoms with Crippen molar-refractivity contribution < 1.29 is 0 Å². The summed E-state index contributed by atoms with van der Waals surface area (Å²) in [5.41, 5.74) is 0. The first kappa shape index (κ1) is 10.4. The van der Waals surface area contributed by atoms with Crippen molar-refractivity contribution >= 4 is 0 Å². The van der Waals surface area contributed by atoms with Crippen molar-refractivity contribution in [2.45, 2.75) is 19.8 Å². The minimum atomic E-state index is 0.969. The minimum absolute atomic E-state index is 0.969. The summed E-state index contributed by atoms with van der Waals surface area (Å²) in [5.74, 6) is 0. The zero-order valence-electron chi connectivity index (χ0n) is 7.71. The lowest BCUT2D eigenvalue weighted by molar-refractivity contribution is 0.412. The van der Waals surface area contributed by atoms with E-state index in [4.69, 9.17) is 0 Å². The fraction of sp³-hybridized carbons (Fsp3) is 0.600. The normalized spacial score (nSPS) is 11.2. The summed E-state index contributed by atoms with van der Waals surface area (Å²) in [6.45, 7) is 7.87. The van der Waals surface area contributed by atoms with E-state index in [9.17, 15) is 0 Å². The van der Waals surface area contributed by atoms with E-state index >= 15 is 0 Å². The molecule has 0 unspecified atom stereocenters. The van der Waals surface area contributed by atoms with Crippen molar-refractivity contribution in [3.05, 3.63) is 24.8 Å². The quantitative estimate of drug-likeness (QED) is 0.530. The molecule has 0 amide bonds. The molecule has 0 saturated carbocycles. The number of rotatable bonds is 6. The van der Waals surface area contributed by atoms with Crippen LogP contribution in [0.4, 0.5) is 0 Å². The van der Waals surface area contributed by atoms with Crippen molar-refractivity contribution in [1.29, 1.82) is 0 Å². The maximum Gasteiger partial charge on any atom is 0.0163 e. The first-order valence-electron chi connectivity index (χ1n) is 4.25. The molecular formula is C10H19N. The molecule has 0 aliphatic carbocycles. The number of hydrogen-bond acceptors (Lipinski definition) is 1. The van der Waals surface area contributed by atoms with E-state index in [1.54, 1.807) is 0 Å². The summed E-state index contributed by atoms with van der Waals surface area (Å²) >= 11 is 0. The van der Waals surface area contributed by atoms with Crippen LogP contribution in [0.1, 0.15) is 19.8 Å². The SMILES string of the molecule is C=CCN(C)C/C=C/CCC. The Balaban J connectivity index is 3.28. The lowest BCUT2D eigenvalue weighted by Gasteiger charge is -2.09. The molecule has 0 N–H and O–H groups in total. The highest BCUT2D eigenvalue weighted by atomic mass is 15.1. The van der Waals surface area contributed by atoms with Gasteiger partial charge in [-0.05, 0) is 13.5 Å². The molecule has 11 heavy (non-hydrogen) atoms. The minimum Gasteiger partial charge on any atom is -0.299 e. The largest absolute Gasteiger partial charge is 0.299 e. The zero-order chi connectivity index (χ0) is 8.53. The Bertz CT molecular complexity index is 116. The molecule has 1 heteroatoms. The highest BCUT2D eigenvalue weighted by Crippen LogP contribution is 1.89. The average Bonchev–Trinajstić information content (AvgIpc) is 1.99. The van der Waals surface area contributed by atoms with Gasteiger partial charge in [0, 0.05) is 13.1 Å². The molecule has 64 valence electrons. The van der Waals surface area contributed by atoms with Crippen LogP contribution in [-0.4, -0.2) is 25.0 Å². The summed E-state index contributed by atoms with van der Waals surface area (Å²) in [5, 5.41) is 0. The Morgan fingerprint density at radius 2 is 2.00 bits per heavy atom. The van der Waals surface area contributed by atoms with Gasteiger partial charge in [-0.2, -0.15) is 0 Å². The molecule has 0 heterocycles. The topological polar surface area (TPSA) is 3.24 Å². The lowest BCUT2D eigenvalue weighted by atomic mass is 10.3. The van der Waals surface area contributed by atoms with Crippen LogP contribution in [-0.2, 0) is 0 Å². The molecule has 0 aromatic rings. The van der Waals surface area contributed by atoms with E-state index in [0.717, 1.165) is 13.1 Å². The number of allylic oxidation sites excluding steroid dienone is 1. The van der Waals surface area contributed by atoms with Gasteiger partial charge in [0.15, 0.2) is 0 Å². The van der Waals surface area contributed by atoms with Gasteiger partial charge in [-0.1, -0.05) is 31.6 Å². The van der Waals surface area contributed by atoms with Crippen molar-refractivity contribution in [3.8, 4) is 0 Å². The number of likely N-dealkylation sites (N-methyl/N-ethyl adjacent to an activating group) is 1. The Morgan fingerprint density at radius 3 is 2.55 bits per heavy atom. The van der Waals surface area contributed by atoms with Crippen molar-refractivity contribution in [3.63, 3.8) is 0 Å². The molecule has 1 nitrogen and oxygen atoms in total. The molecule has 0 bridgehead atoms. The van der Waals surface area contributed by atoms with Gasteiger partial charge in [-0.15, -0.1) is 6.58 Å². The average molecular weight is 153 g/mol. The number of unbranched alkanes of at least 4 members (excludes halogenated alkanes) is 1. The fourth-order valence-electron chi connectivity index (χ4n) is 0.834. The van der Waals surface area contributed by atoms with E-state index in [1.165, 1.54) is 12.8 Å². The first-order chi connectivity index (χ1) is 5.31. The molecule has 0 radical (unpaired) electrons. The van der Waals surface area contributed by atoms with Crippen molar-refractivity contribution in [2.75, 3.05) is 20.1 Å². The summed E-state index contributed by atoms with van der Waals surface area (Å²) in [6, 6.07) is 0. The third kappa shape index (κ3) is 7.34. The van der Waals surface area contributed by atoms with E-state index in [-0.39, 0.29) is 0 Å². The third-order valence-electron chi connectivity index (χ3n) is 1.48. The summed E-state index contributed by atoms with van der Waals surface area (Å²) < 4.78 is 0. The summed E-state index contributed by atoms with van der Waals surface area (Å²) in [4.78, 5) is 2.22. The van der Waals surface area contributed by atoms with Gasteiger partial charge >= 0.3 is 0 Å². The van der Waals surface area contributed by atoms with Crippen LogP contribution in [0.15, 0.2) is 24.8 Å². The second-order valence-electron chi connectivity index (χ2n) is 2.77. The Hall–Kier alpha value is -0.560. The standard InChI is InChI=1S/C10H19N/c1-4-6-7-8-10-11(3)9-5-2/h5,7-8H,2,4,6,9-10H2,1,3H3/b8-7+. The molecule has 0 aromatic heterocycles. The molecule has 0 aromatic carbocycles. The maximum absolute atomic E-state index is 3.68. The van der Waals surface area contributed by atoms with Gasteiger partial charge in [0.2, 0.25) is 0 Å². The van der Waals surface area contributed by atoms with Crippen LogP contribution in [0.25, 0.3) is 0 Å². The van der Waals surface area contributed by atoms with Crippen LogP contribution in [0.3, 0.4) is 0 Å². The summed E-state index contributed by atoms with van der Waals surface area (Å²) in [6.07, 6.45) is 8.81. The first-order valence-corrected chi connectivity index (χ1v) is 4.25. The van der Waals surface area contributed by atoms with E-state index in [2.05, 4.69) is 37.6 Å². The number of nitrogens with zero attached hydrogens (tertiary/aromatic N) is 1. The molecule has 0 saturated heterocycles. The Kier molecular flexibility index (Phi) is 7.16. The Labute approximate surface area is 70.4 Å². The van der Waals surface area contributed by atoms with Crippen LogP contribution >= 0.6 is 0 Å². The van der Waals surface area contributed by atoms with Gasteiger partial charge in [0.1, 0.15) is 0 Å². The van der Waals surface area contributed by atoms with E-state index < -0.39 is 0 Å². The van der Waals surface area contributed by atoms with Gasteiger partial charge in [-0.25, -0.2) is 0 Å². The van der Waals surface area contributed by atoms with Gasteiger partial charge in [0.05, 0.1) is 0 Å². The van der Waals surface area contributed by atoms with Gasteiger partial charge < -0.3 is 0 Å². The van der Waals surface area contributed by atoms with Gasteiger partial charge in [0.25, 0.3) is 0 Å². The highest BCUT2D eigenvalue weighted by molar-refractivity contribution is 4.85. The smallest absolute Gasteiger partial charge is 0.0163 e. The molecule has 0 spiro atoms. The van der Waals surface area contributed by atoms with E-state index in [1.807, 2.05) is 6.08 Å². The monoisotopic (exact) mass is 153 g/mol. The molecule has 0 atom stereocenters. The maximum atomic E-state index is 3.68. The zero-order valence-corrected chi connectivity index (χ0v) is 7.71. The molecule has 0 aliphatic rings. The lowest BCUT2D eigenvalue weighted by Crippen LogP contribution is -2.17. The predicted octanol–water partition coefficient (Wildman–Crippen LogP) is 2.46. The van der Waals surface area contributed by atoms with E-state index in [0.29, 0.717) is 0 Å². The predicted molar refractivity (Wildman–Crippen MR) is 51.7 cm³/mol. The second kappa shape index (κ2) is 7.55. The fourth-order valence-corrected chi connectivity index (χ4v) is 0.834. The second-order valence-corrected chi connectivity index (χ2v) is 2.77. The van der Waals surface area contributed by atoms with Crippen LogP contribution in [0.2, 0.25) is 0 Å². The van der Waals surface area contributed by atoms with Crippen LogP contribution in [0.5, 0.6) is 0 Å². The van der Waals surface area contributed by atoms with Gasteiger partial charge in [-0.3, -0.25) is 4.90 Å². The molecule has 0 fully saturated rings. The molecule has 0 aliphatic heterocycles. The molecule has 0 rings (SSSR count). The molecular weight excluding hydrogens is 134 g/mol. The van der Waals surface area contributed by atoms with Crippen LogP contribution in [0, 0.1) is 0 Å². The van der Waals surface area contributed by atoms with Crippen LogP contribution < -0.4 is 0 Å². The summed E-state index contributed by atoms with van der Waals surface area (Å²) in [7, 11) is 2.10. The Morgan fingerprint density at radius 1 is 1.27 bits per heavy atom. The third-order valence-corrected chi connectivity index (χ3v) is 1.48. The van der Waals surface area contributed by atoms with Crippen molar-refractivity contribution in [2.24, 2.45) is 0 Å². The highest BCUT2D eigenvalue weighted by Gasteiger charge is 1.87.